The summed E-state index contributed by atoms with van der Waals surface area (Å²) in [6.07, 6.45) is 4.94. The van der Waals surface area contributed by atoms with E-state index in [2.05, 4.69) is 5.10 Å². The molecule has 1 aliphatic heterocycles. The summed E-state index contributed by atoms with van der Waals surface area (Å²) in [6, 6.07) is 3.71. The zero-order valence-corrected chi connectivity index (χ0v) is 13.3. The molecular weight excluding hydrogens is 304 g/mol. The smallest absolute Gasteiger partial charge is 0.310 e. The summed E-state index contributed by atoms with van der Waals surface area (Å²) in [5.74, 6) is -0.283. The molecule has 1 fully saturated rings. The SMILES string of the molecule is CCOC(=O)Cc1c(Cl)ccc2cnn(C3CCCCO3)c12. The molecule has 2 aromatic rings. The Kier molecular flexibility index (Phi) is 4.64. The summed E-state index contributed by atoms with van der Waals surface area (Å²) < 4.78 is 12.7. The van der Waals surface area contributed by atoms with Crippen molar-refractivity contribution in [3.8, 4) is 0 Å². The third-order valence-electron chi connectivity index (χ3n) is 3.86. The summed E-state index contributed by atoms with van der Waals surface area (Å²) in [5.41, 5.74) is 1.62. The molecule has 0 N–H and O–H groups in total. The maximum atomic E-state index is 11.9. The lowest BCUT2D eigenvalue weighted by atomic mass is 10.1. The molecule has 6 heteroatoms. The maximum Gasteiger partial charge on any atom is 0.310 e. The van der Waals surface area contributed by atoms with Gasteiger partial charge < -0.3 is 9.47 Å². The zero-order chi connectivity index (χ0) is 15.5. The number of carbonyl (C=O) groups is 1. The van der Waals surface area contributed by atoms with Crippen LogP contribution >= 0.6 is 11.6 Å². The molecule has 0 amide bonds. The van der Waals surface area contributed by atoms with Gasteiger partial charge in [-0.3, -0.25) is 4.79 Å². The normalized spacial score (nSPS) is 18.5. The number of esters is 1. The van der Waals surface area contributed by atoms with Crippen molar-refractivity contribution in [1.82, 2.24) is 9.78 Å². The average Bonchev–Trinajstić information content (AvgIpc) is 2.95. The van der Waals surface area contributed by atoms with Crippen LogP contribution in [0.15, 0.2) is 18.3 Å². The lowest BCUT2D eigenvalue weighted by molar-refractivity contribution is -0.142. The van der Waals surface area contributed by atoms with Gasteiger partial charge in [-0.2, -0.15) is 5.10 Å². The van der Waals surface area contributed by atoms with Crippen molar-refractivity contribution in [3.63, 3.8) is 0 Å². The van der Waals surface area contributed by atoms with Crippen molar-refractivity contribution < 1.29 is 14.3 Å². The highest BCUT2D eigenvalue weighted by Crippen LogP contribution is 2.31. The van der Waals surface area contributed by atoms with Gasteiger partial charge in [0.2, 0.25) is 0 Å². The number of nitrogens with zero attached hydrogens (tertiary/aromatic N) is 2. The first kappa shape index (κ1) is 15.3. The van der Waals surface area contributed by atoms with Crippen molar-refractivity contribution in [1.29, 1.82) is 0 Å². The van der Waals surface area contributed by atoms with Crippen LogP contribution in [0.4, 0.5) is 0 Å². The Morgan fingerprint density at radius 2 is 2.36 bits per heavy atom. The quantitative estimate of drug-likeness (QED) is 0.808. The third-order valence-corrected chi connectivity index (χ3v) is 4.22. The van der Waals surface area contributed by atoms with Crippen molar-refractivity contribution in [2.75, 3.05) is 13.2 Å². The van der Waals surface area contributed by atoms with Gasteiger partial charge >= 0.3 is 5.97 Å². The summed E-state index contributed by atoms with van der Waals surface area (Å²) in [5, 5.41) is 5.97. The Balaban J connectivity index is 2.03. The molecule has 0 radical (unpaired) electrons. The van der Waals surface area contributed by atoms with Crippen molar-refractivity contribution >= 4 is 28.5 Å². The van der Waals surface area contributed by atoms with Crippen LogP contribution in [0.25, 0.3) is 10.9 Å². The summed E-state index contributed by atoms with van der Waals surface area (Å²) in [4.78, 5) is 11.9. The van der Waals surface area contributed by atoms with Crippen LogP contribution < -0.4 is 0 Å². The predicted octanol–water partition coefficient (Wildman–Crippen LogP) is 3.49. The van der Waals surface area contributed by atoms with E-state index in [0.29, 0.717) is 11.6 Å². The maximum absolute atomic E-state index is 11.9. The van der Waals surface area contributed by atoms with E-state index < -0.39 is 0 Å². The standard InChI is InChI=1S/C16H19ClN2O3/c1-2-21-15(20)9-12-13(17)7-6-11-10-18-19(16(11)12)14-5-3-4-8-22-14/h6-7,10,14H,2-5,8-9H2,1H3. The Bertz CT molecular complexity index is 677. The van der Waals surface area contributed by atoms with Crippen LogP contribution in [0.2, 0.25) is 5.02 Å². The first-order chi connectivity index (χ1) is 10.7. The molecule has 5 nitrogen and oxygen atoms in total. The Labute approximate surface area is 134 Å². The molecule has 1 aliphatic rings. The van der Waals surface area contributed by atoms with E-state index in [1.807, 2.05) is 10.7 Å². The number of halogens is 1. The average molecular weight is 323 g/mol. The van der Waals surface area contributed by atoms with Gasteiger partial charge in [-0.25, -0.2) is 4.68 Å². The number of carbonyl (C=O) groups excluding carboxylic acids is 1. The van der Waals surface area contributed by atoms with E-state index in [1.54, 1.807) is 19.2 Å². The first-order valence-electron chi connectivity index (χ1n) is 7.62. The highest BCUT2D eigenvalue weighted by Gasteiger charge is 2.22. The van der Waals surface area contributed by atoms with Crippen LogP contribution in [0.1, 0.15) is 38.0 Å². The van der Waals surface area contributed by atoms with Gasteiger partial charge in [0.25, 0.3) is 0 Å². The molecule has 0 bridgehead atoms. The molecule has 3 rings (SSSR count). The van der Waals surface area contributed by atoms with Crippen LogP contribution in [0.5, 0.6) is 0 Å². The number of benzene rings is 1. The van der Waals surface area contributed by atoms with Crippen LogP contribution in [0, 0.1) is 0 Å². The Hall–Kier alpha value is -1.59. The van der Waals surface area contributed by atoms with Crippen molar-refractivity contribution in [2.24, 2.45) is 0 Å². The van der Waals surface area contributed by atoms with E-state index in [0.717, 1.165) is 42.3 Å². The van der Waals surface area contributed by atoms with Gasteiger partial charge in [0.15, 0.2) is 6.23 Å². The second-order valence-electron chi connectivity index (χ2n) is 5.36. The van der Waals surface area contributed by atoms with Gasteiger partial charge in [-0.05, 0) is 38.3 Å². The largest absolute Gasteiger partial charge is 0.466 e. The number of rotatable bonds is 4. The Morgan fingerprint density at radius 1 is 1.50 bits per heavy atom. The zero-order valence-electron chi connectivity index (χ0n) is 12.5. The topological polar surface area (TPSA) is 53.3 Å². The molecule has 118 valence electrons. The van der Waals surface area contributed by atoms with Crippen molar-refractivity contribution in [2.45, 2.75) is 38.8 Å². The molecule has 2 heterocycles. The minimum atomic E-state index is -0.283. The number of hydrogen-bond acceptors (Lipinski definition) is 4. The first-order valence-corrected chi connectivity index (χ1v) is 8.00. The van der Waals surface area contributed by atoms with Crippen molar-refractivity contribution in [3.05, 3.63) is 28.9 Å². The molecule has 1 aromatic heterocycles. The highest BCUT2D eigenvalue weighted by atomic mass is 35.5. The molecule has 22 heavy (non-hydrogen) atoms. The molecule has 0 aliphatic carbocycles. The number of fused-ring (bicyclic) bond motifs is 1. The predicted molar refractivity (Wildman–Crippen MR) is 83.9 cm³/mol. The van der Waals surface area contributed by atoms with Gasteiger partial charge in [0, 0.05) is 22.6 Å². The van der Waals surface area contributed by atoms with E-state index in [1.165, 1.54) is 0 Å². The summed E-state index contributed by atoms with van der Waals surface area (Å²) >= 11 is 6.33. The minimum absolute atomic E-state index is 0.0920. The van der Waals surface area contributed by atoms with E-state index in [9.17, 15) is 4.79 Å². The summed E-state index contributed by atoms with van der Waals surface area (Å²) in [6.45, 7) is 2.89. The molecule has 0 saturated carbocycles. The fourth-order valence-corrected chi connectivity index (χ4v) is 3.07. The number of aromatic nitrogens is 2. The van der Waals surface area contributed by atoms with E-state index in [4.69, 9.17) is 21.1 Å². The van der Waals surface area contributed by atoms with Crippen LogP contribution in [0.3, 0.4) is 0 Å². The minimum Gasteiger partial charge on any atom is -0.466 e. The van der Waals surface area contributed by atoms with E-state index >= 15 is 0 Å². The molecule has 1 aromatic carbocycles. The fourth-order valence-electron chi connectivity index (χ4n) is 2.85. The lowest BCUT2D eigenvalue weighted by Crippen LogP contribution is -2.20. The third kappa shape index (κ3) is 2.96. The highest BCUT2D eigenvalue weighted by molar-refractivity contribution is 6.32. The van der Waals surface area contributed by atoms with Gasteiger partial charge in [-0.1, -0.05) is 11.6 Å². The molecule has 1 unspecified atom stereocenters. The monoisotopic (exact) mass is 322 g/mol. The second kappa shape index (κ2) is 6.67. The molecule has 1 atom stereocenters. The van der Waals surface area contributed by atoms with E-state index in [-0.39, 0.29) is 18.6 Å². The lowest BCUT2D eigenvalue weighted by Gasteiger charge is -2.24. The van der Waals surface area contributed by atoms with Gasteiger partial charge in [0.05, 0.1) is 24.7 Å². The number of ether oxygens (including phenoxy) is 2. The fraction of sp³-hybridized carbons (Fsp3) is 0.500. The van der Waals surface area contributed by atoms with Crippen LogP contribution in [-0.4, -0.2) is 29.0 Å². The summed E-state index contributed by atoms with van der Waals surface area (Å²) in [7, 11) is 0. The second-order valence-corrected chi connectivity index (χ2v) is 5.76. The molecular formula is C16H19ClN2O3. The van der Waals surface area contributed by atoms with Gasteiger partial charge in [0.1, 0.15) is 0 Å². The molecule has 1 saturated heterocycles. The van der Waals surface area contributed by atoms with Gasteiger partial charge in [-0.15, -0.1) is 0 Å². The molecule has 0 spiro atoms. The van der Waals surface area contributed by atoms with Crippen LogP contribution in [-0.2, 0) is 20.7 Å². The Morgan fingerprint density at radius 3 is 3.09 bits per heavy atom. The number of hydrogen-bond donors (Lipinski definition) is 0.